The van der Waals surface area contributed by atoms with Gasteiger partial charge in [0.25, 0.3) is 0 Å². The van der Waals surface area contributed by atoms with Crippen LogP contribution in [-0.4, -0.2) is 12.6 Å². The molecule has 0 spiro atoms. The topological polar surface area (TPSA) is 46.2 Å². The zero-order valence-electron chi connectivity index (χ0n) is 14.3. The highest BCUT2D eigenvalue weighted by Crippen LogP contribution is 2.23. The molecule has 0 atom stereocenters. The van der Waals surface area contributed by atoms with Gasteiger partial charge >= 0.3 is 5.97 Å². The van der Waals surface area contributed by atoms with Crippen LogP contribution in [0.2, 0.25) is 0 Å². The van der Waals surface area contributed by atoms with Gasteiger partial charge in [0.15, 0.2) is 0 Å². The first-order valence-corrected chi connectivity index (χ1v) is 8.75. The molecule has 0 saturated heterocycles. The van der Waals surface area contributed by atoms with Crippen LogP contribution in [0.25, 0.3) is 11.1 Å². The highest BCUT2D eigenvalue weighted by Gasteiger charge is 2.05. The van der Waals surface area contributed by atoms with Gasteiger partial charge in [0.1, 0.15) is 5.75 Å². The van der Waals surface area contributed by atoms with E-state index in [-0.39, 0.29) is 5.56 Å². The van der Waals surface area contributed by atoms with Gasteiger partial charge in [0, 0.05) is 0 Å². The predicted molar refractivity (Wildman–Crippen MR) is 95.8 cm³/mol. The Hall–Kier alpha value is -2.29. The number of rotatable bonds is 10. The number of hydrogen-bond donors (Lipinski definition) is 0. The molecule has 127 valence electrons. The summed E-state index contributed by atoms with van der Waals surface area (Å²) in [5.74, 6) is -0.279. The SMILES string of the molecule is CCCCCCCCOc1ccc(-c2ccc(C([O])=O)cc2)cc1. The minimum atomic E-state index is -1.15. The van der Waals surface area contributed by atoms with Crippen molar-refractivity contribution < 1.29 is 14.6 Å². The van der Waals surface area contributed by atoms with Crippen LogP contribution in [0.3, 0.4) is 0 Å². The number of carbonyl (C=O) groups is 1. The van der Waals surface area contributed by atoms with E-state index >= 15 is 0 Å². The van der Waals surface area contributed by atoms with Gasteiger partial charge in [0.2, 0.25) is 0 Å². The Morgan fingerprint density at radius 3 is 1.92 bits per heavy atom. The summed E-state index contributed by atoms with van der Waals surface area (Å²) in [6, 6.07) is 14.6. The second kappa shape index (κ2) is 9.76. The summed E-state index contributed by atoms with van der Waals surface area (Å²) < 4.78 is 5.77. The van der Waals surface area contributed by atoms with Crippen molar-refractivity contribution in [2.75, 3.05) is 6.61 Å². The minimum Gasteiger partial charge on any atom is -0.494 e. The standard InChI is InChI=1S/C21H25O3/c1-2-3-4-5-6-7-16-24-20-14-12-18(13-15-20)17-8-10-19(11-9-17)21(22)23/h8-15H,2-7,16H2,1H3. The minimum absolute atomic E-state index is 0.192. The van der Waals surface area contributed by atoms with Crippen LogP contribution < -0.4 is 4.74 Å². The van der Waals surface area contributed by atoms with Crippen molar-refractivity contribution in [1.82, 2.24) is 0 Å². The number of carbonyl (C=O) groups excluding carboxylic acids is 1. The van der Waals surface area contributed by atoms with E-state index in [1.807, 2.05) is 24.3 Å². The van der Waals surface area contributed by atoms with Crippen molar-refractivity contribution in [1.29, 1.82) is 0 Å². The van der Waals surface area contributed by atoms with Crippen molar-refractivity contribution in [3.8, 4) is 16.9 Å². The molecule has 0 amide bonds. The van der Waals surface area contributed by atoms with E-state index in [0.717, 1.165) is 29.9 Å². The van der Waals surface area contributed by atoms with E-state index in [4.69, 9.17) is 4.74 Å². The highest BCUT2D eigenvalue weighted by molar-refractivity contribution is 5.88. The van der Waals surface area contributed by atoms with Gasteiger partial charge < -0.3 is 4.74 Å². The summed E-state index contributed by atoms with van der Waals surface area (Å²) in [4.78, 5) is 10.8. The van der Waals surface area contributed by atoms with Crippen molar-refractivity contribution in [3.63, 3.8) is 0 Å². The lowest BCUT2D eigenvalue weighted by Crippen LogP contribution is -1.97. The summed E-state index contributed by atoms with van der Waals surface area (Å²) >= 11 is 0. The Bertz CT molecular complexity index is 615. The largest absolute Gasteiger partial charge is 0.494 e. The molecule has 2 aromatic carbocycles. The summed E-state index contributed by atoms with van der Waals surface area (Å²) in [5.41, 5.74) is 2.20. The highest BCUT2D eigenvalue weighted by atomic mass is 16.5. The Morgan fingerprint density at radius 2 is 1.33 bits per heavy atom. The quantitative estimate of drug-likeness (QED) is 0.529. The van der Waals surface area contributed by atoms with Crippen LogP contribution in [0.4, 0.5) is 0 Å². The number of unbranched alkanes of at least 4 members (excludes halogenated alkanes) is 5. The van der Waals surface area contributed by atoms with Gasteiger partial charge in [-0.15, -0.1) is 0 Å². The normalized spacial score (nSPS) is 10.5. The van der Waals surface area contributed by atoms with Crippen LogP contribution >= 0.6 is 0 Å². The third-order valence-corrected chi connectivity index (χ3v) is 4.07. The molecule has 0 aliphatic rings. The average molecular weight is 325 g/mol. The van der Waals surface area contributed by atoms with Crippen molar-refractivity contribution in [2.24, 2.45) is 0 Å². The van der Waals surface area contributed by atoms with E-state index in [1.54, 1.807) is 24.3 Å². The molecule has 0 aliphatic heterocycles. The van der Waals surface area contributed by atoms with Crippen molar-refractivity contribution in [3.05, 3.63) is 54.1 Å². The Labute approximate surface area is 144 Å². The lowest BCUT2D eigenvalue weighted by Gasteiger charge is -2.08. The van der Waals surface area contributed by atoms with Crippen LogP contribution in [0.15, 0.2) is 48.5 Å². The maximum Gasteiger partial charge on any atom is 0.386 e. The fourth-order valence-corrected chi connectivity index (χ4v) is 2.61. The maximum atomic E-state index is 10.8. The molecule has 0 unspecified atom stereocenters. The Morgan fingerprint density at radius 1 is 0.792 bits per heavy atom. The van der Waals surface area contributed by atoms with Crippen molar-refractivity contribution >= 4 is 5.97 Å². The molecule has 0 aliphatic carbocycles. The number of benzene rings is 2. The molecule has 0 saturated carbocycles. The van der Waals surface area contributed by atoms with Gasteiger partial charge in [-0.3, -0.25) is 0 Å². The van der Waals surface area contributed by atoms with Crippen LogP contribution in [0.5, 0.6) is 5.75 Å². The molecule has 0 fully saturated rings. The lowest BCUT2D eigenvalue weighted by molar-refractivity contribution is 0.0573. The van der Waals surface area contributed by atoms with Gasteiger partial charge in [-0.05, 0) is 41.8 Å². The Balaban J connectivity index is 1.79. The maximum absolute atomic E-state index is 10.8. The second-order valence-corrected chi connectivity index (χ2v) is 6.01. The van der Waals surface area contributed by atoms with Gasteiger partial charge in [-0.2, -0.15) is 0 Å². The predicted octanol–water partition coefficient (Wildman–Crippen LogP) is 5.66. The fraction of sp³-hybridized carbons (Fsp3) is 0.381. The monoisotopic (exact) mass is 325 g/mol. The molecule has 0 bridgehead atoms. The number of ether oxygens (including phenoxy) is 1. The van der Waals surface area contributed by atoms with Crippen molar-refractivity contribution in [2.45, 2.75) is 45.4 Å². The third kappa shape index (κ3) is 5.73. The second-order valence-electron chi connectivity index (χ2n) is 6.01. The molecule has 3 heteroatoms. The van der Waals surface area contributed by atoms with Crippen LogP contribution in [-0.2, 0) is 5.11 Å². The summed E-state index contributed by atoms with van der Waals surface area (Å²) in [7, 11) is 0. The number of hydrogen-bond acceptors (Lipinski definition) is 2. The summed E-state index contributed by atoms with van der Waals surface area (Å²) in [6.07, 6.45) is 7.53. The van der Waals surface area contributed by atoms with Gasteiger partial charge in [0.05, 0.1) is 12.2 Å². The molecular formula is C21H25O3. The molecule has 2 rings (SSSR count). The Kier molecular flexibility index (Phi) is 7.34. The molecular weight excluding hydrogens is 300 g/mol. The molecule has 24 heavy (non-hydrogen) atoms. The molecule has 2 aromatic rings. The first-order valence-electron chi connectivity index (χ1n) is 8.75. The van der Waals surface area contributed by atoms with Gasteiger partial charge in [-0.25, -0.2) is 9.90 Å². The van der Waals surface area contributed by atoms with E-state index in [9.17, 15) is 9.90 Å². The lowest BCUT2D eigenvalue weighted by atomic mass is 10.0. The first-order chi connectivity index (χ1) is 11.7. The van der Waals surface area contributed by atoms with Crippen LogP contribution in [0, 0.1) is 0 Å². The average Bonchev–Trinajstić information content (AvgIpc) is 2.61. The molecule has 0 heterocycles. The molecule has 3 nitrogen and oxygen atoms in total. The van der Waals surface area contributed by atoms with E-state index in [0.29, 0.717) is 0 Å². The third-order valence-electron chi connectivity index (χ3n) is 4.07. The summed E-state index contributed by atoms with van der Waals surface area (Å²) in [6.45, 7) is 2.98. The van der Waals surface area contributed by atoms with Crippen LogP contribution in [0.1, 0.15) is 55.8 Å². The molecule has 0 N–H and O–H groups in total. The smallest absolute Gasteiger partial charge is 0.386 e. The van der Waals surface area contributed by atoms with E-state index in [1.165, 1.54) is 32.1 Å². The molecule has 1 radical (unpaired) electrons. The zero-order chi connectivity index (χ0) is 17.2. The van der Waals surface area contributed by atoms with Gasteiger partial charge in [-0.1, -0.05) is 63.3 Å². The van der Waals surface area contributed by atoms with E-state index < -0.39 is 5.97 Å². The fourth-order valence-electron chi connectivity index (χ4n) is 2.61. The summed E-state index contributed by atoms with van der Waals surface area (Å²) in [5, 5.41) is 10.8. The molecule has 0 aromatic heterocycles. The zero-order valence-corrected chi connectivity index (χ0v) is 14.3. The van der Waals surface area contributed by atoms with E-state index in [2.05, 4.69) is 6.92 Å². The first kappa shape index (κ1) is 18.1.